The monoisotopic (exact) mass is 208 g/mol. The quantitative estimate of drug-likeness (QED) is 0.552. The van der Waals surface area contributed by atoms with E-state index >= 15 is 0 Å². The minimum atomic E-state index is -0.0678. The van der Waals surface area contributed by atoms with Crippen molar-refractivity contribution in [3.05, 3.63) is 0 Å². The average Bonchev–Trinajstić information content (AvgIpc) is 2.76. The number of hydrogen-bond acceptors (Lipinski definition) is 2. The maximum atomic E-state index is 11.8. The summed E-state index contributed by atoms with van der Waals surface area (Å²) in [4.78, 5) is 13.8. The van der Waals surface area contributed by atoms with Crippen LogP contribution in [0.5, 0.6) is 0 Å². The third-order valence-corrected chi connectivity index (χ3v) is 2.67. The van der Waals surface area contributed by atoms with Crippen molar-refractivity contribution in [2.45, 2.75) is 39.2 Å². The van der Waals surface area contributed by atoms with Crippen molar-refractivity contribution in [1.82, 2.24) is 10.2 Å². The molecule has 15 heavy (non-hydrogen) atoms. The Hall–Kier alpha value is -1.01. The number of hydrogen-bond donors (Lipinski definition) is 1. The number of rotatable bonds is 4. The molecule has 0 radical (unpaired) electrons. The van der Waals surface area contributed by atoms with E-state index in [9.17, 15) is 4.79 Å². The second-order valence-electron chi connectivity index (χ2n) is 3.88. The van der Waals surface area contributed by atoms with Crippen molar-refractivity contribution in [2.75, 3.05) is 19.6 Å². The molecule has 1 aliphatic heterocycles. The Morgan fingerprint density at radius 2 is 2.13 bits per heavy atom. The number of nitrogens with one attached hydrogen (secondary N) is 1. The van der Waals surface area contributed by atoms with E-state index in [0.29, 0.717) is 0 Å². The predicted molar refractivity (Wildman–Crippen MR) is 61.3 cm³/mol. The Morgan fingerprint density at radius 3 is 2.73 bits per heavy atom. The molecule has 3 nitrogen and oxygen atoms in total. The van der Waals surface area contributed by atoms with E-state index in [4.69, 9.17) is 0 Å². The molecule has 0 aromatic carbocycles. The van der Waals surface area contributed by atoms with Crippen LogP contribution in [0.25, 0.3) is 0 Å². The summed E-state index contributed by atoms with van der Waals surface area (Å²) in [6.45, 7) is 6.42. The highest BCUT2D eigenvalue weighted by molar-refractivity contribution is 5.81. The van der Waals surface area contributed by atoms with Gasteiger partial charge in [0.25, 0.3) is 0 Å². The lowest BCUT2D eigenvalue weighted by Gasteiger charge is -2.20. The van der Waals surface area contributed by atoms with Crippen LogP contribution in [-0.4, -0.2) is 36.5 Å². The molecule has 1 unspecified atom stereocenters. The number of carbonyl (C=O) groups is 1. The zero-order chi connectivity index (χ0) is 11.1. The van der Waals surface area contributed by atoms with E-state index in [-0.39, 0.29) is 11.9 Å². The number of amides is 1. The van der Waals surface area contributed by atoms with Gasteiger partial charge in [0.05, 0.1) is 6.04 Å². The predicted octanol–water partition coefficient (Wildman–Crippen LogP) is 1.00. The summed E-state index contributed by atoms with van der Waals surface area (Å²) in [6, 6.07) is -0.0678. The summed E-state index contributed by atoms with van der Waals surface area (Å²) < 4.78 is 0. The fourth-order valence-electron chi connectivity index (χ4n) is 1.77. The van der Waals surface area contributed by atoms with Gasteiger partial charge in [0.1, 0.15) is 0 Å². The Labute approximate surface area is 92.2 Å². The third kappa shape index (κ3) is 3.93. The van der Waals surface area contributed by atoms with Crippen LogP contribution in [0.3, 0.4) is 0 Å². The highest BCUT2D eigenvalue weighted by Gasteiger charge is 2.22. The van der Waals surface area contributed by atoms with E-state index in [0.717, 1.165) is 38.9 Å². The summed E-state index contributed by atoms with van der Waals surface area (Å²) in [7, 11) is 0. The van der Waals surface area contributed by atoms with Gasteiger partial charge in [0, 0.05) is 26.1 Å². The van der Waals surface area contributed by atoms with E-state index in [1.165, 1.54) is 0 Å². The van der Waals surface area contributed by atoms with Crippen LogP contribution in [0.1, 0.15) is 33.1 Å². The van der Waals surface area contributed by atoms with E-state index in [1.807, 2.05) is 18.7 Å². The van der Waals surface area contributed by atoms with Crippen molar-refractivity contribution in [2.24, 2.45) is 0 Å². The maximum absolute atomic E-state index is 11.8. The van der Waals surface area contributed by atoms with Crippen LogP contribution in [0, 0.1) is 11.8 Å². The van der Waals surface area contributed by atoms with Crippen LogP contribution < -0.4 is 5.32 Å². The number of nitrogens with zero attached hydrogens (tertiary/aromatic N) is 1. The lowest BCUT2D eigenvalue weighted by molar-refractivity contribution is -0.131. The summed E-state index contributed by atoms with van der Waals surface area (Å²) in [5, 5.41) is 3.20. The molecular formula is C12H20N2O. The van der Waals surface area contributed by atoms with Crippen molar-refractivity contribution < 1.29 is 4.79 Å². The van der Waals surface area contributed by atoms with E-state index in [1.54, 1.807) is 0 Å². The molecule has 0 aromatic rings. The van der Waals surface area contributed by atoms with Gasteiger partial charge in [0.2, 0.25) is 5.91 Å². The van der Waals surface area contributed by atoms with Crippen molar-refractivity contribution in [3.8, 4) is 11.8 Å². The lowest BCUT2D eigenvalue weighted by Crippen LogP contribution is -2.43. The molecule has 3 heteroatoms. The zero-order valence-corrected chi connectivity index (χ0v) is 9.68. The van der Waals surface area contributed by atoms with Gasteiger partial charge >= 0.3 is 0 Å². The summed E-state index contributed by atoms with van der Waals surface area (Å²) in [6.07, 6.45) is 3.12. The standard InChI is InChI=1S/C12H20N2O/c1-3-4-5-8-13-11(2)12(15)14-9-6-7-10-14/h11,13H,5-10H2,1-2H3. The van der Waals surface area contributed by atoms with Crippen molar-refractivity contribution in [3.63, 3.8) is 0 Å². The molecule has 0 aromatic heterocycles. The molecule has 1 fully saturated rings. The summed E-state index contributed by atoms with van der Waals surface area (Å²) >= 11 is 0. The number of carbonyl (C=O) groups excluding carboxylic acids is 1. The molecule has 1 amide bonds. The molecule has 0 bridgehead atoms. The van der Waals surface area contributed by atoms with Crippen LogP contribution in [0.4, 0.5) is 0 Å². The highest BCUT2D eigenvalue weighted by atomic mass is 16.2. The van der Waals surface area contributed by atoms with Gasteiger partial charge in [-0.3, -0.25) is 4.79 Å². The molecule has 0 aliphatic carbocycles. The fourth-order valence-corrected chi connectivity index (χ4v) is 1.77. The fraction of sp³-hybridized carbons (Fsp3) is 0.750. The van der Waals surface area contributed by atoms with Gasteiger partial charge in [-0.25, -0.2) is 0 Å². The SMILES string of the molecule is CC#CCCNC(C)C(=O)N1CCCC1. The Bertz CT molecular complexity index is 259. The minimum Gasteiger partial charge on any atom is -0.341 e. The second-order valence-corrected chi connectivity index (χ2v) is 3.88. The van der Waals surface area contributed by atoms with Gasteiger partial charge in [0.15, 0.2) is 0 Å². The van der Waals surface area contributed by atoms with Crippen LogP contribution in [0.2, 0.25) is 0 Å². The molecule has 1 N–H and O–H groups in total. The van der Waals surface area contributed by atoms with Crippen LogP contribution in [-0.2, 0) is 4.79 Å². The molecule has 84 valence electrons. The first-order chi connectivity index (χ1) is 7.25. The molecule has 1 atom stereocenters. The molecule has 0 saturated carbocycles. The lowest BCUT2D eigenvalue weighted by atomic mass is 10.3. The Morgan fingerprint density at radius 1 is 1.47 bits per heavy atom. The van der Waals surface area contributed by atoms with E-state index < -0.39 is 0 Å². The van der Waals surface area contributed by atoms with Gasteiger partial charge in [-0.15, -0.1) is 11.8 Å². The Kier molecular flexibility index (Phi) is 5.20. The summed E-state index contributed by atoms with van der Waals surface area (Å²) in [5.41, 5.74) is 0. The second kappa shape index (κ2) is 6.47. The van der Waals surface area contributed by atoms with Gasteiger partial charge in [-0.05, 0) is 26.7 Å². The molecule has 1 saturated heterocycles. The third-order valence-electron chi connectivity index (χ3n) is 2.67. The van der Waals surface area contributed by atoms with Gasteiger partial charge < -0.3 is 10.2 Å². The Balaban J connectivity index is 2.22. The molecule has 1 rings (SSSR count). The topological polar surface area (TPSA) is 32.3 Å². The summed E-state index contributed by atoms with van der Waals surface area (Å²) in [5.74, 6) is 6.05. The van der Waals surface area contributed by atoms with Crippen molar-refractivity contribution >= 4 is 5.91 Å². The molecule has 0 spiro atoms. The van der Waals surface area contributed by atoms with E-state index in [2.05, 4.69) is 17.2 Å². The zero-order valence-electron chi connectivity index (χ0n) is 9.68. The van der Waals surface area contributed by atoms with Gasteiger partial charge in [-0.2, -0.15) is 0 Å². The first-order valence-electron chi connectivity index (χ1n) is 5.67. The smallest absolute Gasteiger partial charge is 0.239 e. The van der Waals surface area contributed by atoms with Crippen LogP contribution >= 0.6 is 0 Å². The minimum absolute atomic E-state index is 0.0678. The first-order valence-corrected chi connectivity index (χ1v) is 5.67. The van der Waals surface area contributed by atoms with Crippen LogP contribution in [0.15, 0.2) is 0 Å². The molecule has 1 aliphatic rings. The first kappa shape index (κ1) is 12.1. The maximum Gasteiger partial charge on any atom is 0.239 e. The molecule has 1 heterocycles. The highest BCUT2D eigenvalue weighted by Crippen LogP contribution is 2.08. The van der Waals surface area contributed by atoms with Crippen molar-refractivity contribution in [1.29, 1.82) is 0 Å². The average molecular weight is 208 g/mol. The molecular weight excluding hydrogens is 188 g/mol. The normalized spacial score (nSPS) is 17.1. The van der Waals surface area contributed by atoms with Gasteiger partial charge in [-0.1, -0.05) is 0 Å². The largest absolute Gasteiger partial charge is 0.341 e. The number of likely N-dealkylation sites (tertiary alicyclic amines) is 1.